The van der Waals surface area contributed by atoms with Gasteiger partial charge in [-0.05, 0) is 18.6 Å². The molecule has 1 aromatic rings. The zero-order valence-electron chi connectivity index (χ0n) is 12.7. The molecule has 2 aliphatic rings. The highest BCUT2D eigenvalue weighted by atomic mass is 16.2. The van der Waals surface area contributed by atoms with Gasteiger partial charge in [0.2, 0.25) is 5.91 Å². The van der Waals surface area contributed by atoms with Crippen molar-refractivity contribution < 1.29 is 9.59 Å². The van der Waals surface area contributed by atoms with Crippen molar-refractivity contribution in [3.8, 4) is 0 Å². The lowest BCUT2D eigenvalue weighted by molar-refractivity contribution is -0.128. The molecule has 3 amide bonds. The van der Waals surface area contributed by atoms with Crippen LogP contribution in [-0.2, 0) is 4.79 Å². The molecule has 7 heteroatoms. The van der Waals surface area contributed by atoms with Crippen molar-refractivity contribution >= 4 is 17.8 Å². The number of likely N-dealkylation sites (tertiary alicyclic amines) is 1. The topological polar surface area (TPSA) is 68.8 Å². The van der Waals surface area contributed by atoms with E-state index < -0.39 is 0 Å². The average molecular weight is 303 g/mol. The Hall–Kier alpha value is -2.31. The predicted molar refractivity (Wildman–Crippen MR) is 82.6 cm³/mol. The number of piperazine rings is 1. The van der Waals surface area contributed by atoms with Crippen LogP contribution in [0.25, 0.3) is 0 Å². The maximum Gasteiger partial charge on any atom is 0.318 e. The summed E-state index contributed by atoms with van der Waals surface area (Å²) in [6.07, 6.45) is 2.46. The zero-order chi connectivity index (χ0) is 15.5. The van der Waals surface area contributed by atoms with Crippen LogP contribution in [-0.4, -0.2) is 72.5 Å². The minimum absolute atomic E-state index is 0.000437. The van der Waals surface area contributed by atoms with Crippen LogP contribution in [0.15, 0.2) is 24.4 Å². The Labute approximate surface area is 129 Å². The minimum Gasteiger partial charge on any atom is -0.353 e. The van der Waals surface area contributed by atoms with Crippen molar-refractivity contribution in [2.24, 2.45) is 0 Å². The molecule has 7 nitrogen and oxygen atoms in total. The fourth-order valence-corrected chi connectivity index (χ4v) is 2.88. The highest BCUT2D eigenvalue weighted by Crippen LogP contribution is 2.13. The Kier molecular flexibility index (Phi) is 4.13. The van der Waals surface area contributed by atoms with Gasteiger partial charge < -0.3 is 20.0 Å². The SMILES string of the molecule is CN1CCC(NC(=O)N2CCN(c3ccccn3)CC2)C1=O. The van der Waals surface area contributed by atoms with E-state index in [4.69, 9.17) is 0 Å². The number of rotatable bonds is 2. The lowest BCUT2D eigenvalue weighted by Gasteiger charge is -2.35. The molecular formula is C15H21N5O2. The molecule has 3 rings (SSSR count). The summed E-state index contributed by atoms with van der Waals surface area (Å²) < 4.78 is 0. The molecule has 22 heavy (non-hydrogen) atoms. The van der Waals surface area contributed by atoms with E-state index in [2.05, 4.69) is 15.2 Å². The normalized spacial score (nSPS) is 22.1. The Morgan fingerprint density at radius 3 is 2.59 bits per heavy atom. The predicted octanol–water partition coefficient (Wildman–Crippen LogP) is 0.144. The highest BCUT2D eigenvalue weighted by Gasteiger charge is 2.32. The number of carbonyl (C=O) groups is 2. The smallest absolute Gasteiger partial charge is 0.318 e. The highest BCUT2D eigenvalue weighted by molar-refractivity contribution is 5.88. The van der Waals surface area contributed by atoms with Gasteiger partial charge in [0, 0.05) is 46.0 Å². The first-order chi connectivity index (χ1) is 10.6. The largest absolute Gasteiger partial charge is 0.353 e. The third-order valence-corrected chi connectivity index (χ3v) is 4.27. The molecular weight excluding hydrogens is 282 g/mol. The van der Waals surface area contributed by atoms with Gasteiger partial charge >= 0.3 is 6.03 Å². The van der Waals surface area contributed by atoms with Gasteiger partial charge in [-0.3, -0.25) is 4.79 Å². The molecule has 0 radical (unpaired) electrons. The van der Waals surface area contributed by atoms with Crippen molar-refractivity contribution in [1.82, 2.24) is 20.1 Å². The molecule has 3 heterocycles. The average Bonchev–Trinajstić information content (AvgIpc) is 2.88. The number of hydrogen-bond acceptors (Lipinski definition) is 4. The van der Waals surface area contributed by atoms with E-state index in [1.165, 1.54) is 0 Å². The maximum atomic E-state index is 12.3. The van der Waals surface area contributed by atoms with Crippen LogP contribution >= 0.6 is 0 Å². The molecule has 1 unspecified atom stereocenters. The number of amides is 3. The Bertz CT molecular complexity index is 542. The van der Waals surface area contributed by atoms with Crippen molar-refractivity contribution in [1.29, 1.82) is 0 Å². The summed E-state index contributed by atoms with van der Waals surface area (Å²) in [5.74, 6) is 0.940. The number of pyridine rings is 1. The first-order valence-electron chi connectivity index (χ1n) is 7.61. The van der Waals surface area contributed by atoms with Crippen LogP contribution in [0, 0.1) is 0 Å². The number of aromatic nitrogens is 1. The van der Waals surface area contributed by atoms with Crippen LogP contribution in [0.5, 0.6) is 0 Å². The van der Waals surface area contributed by atoms with Crippen molar-refractivity contribution in [2.75, 3.05) is 44.7 Å². The summed E-state index contributed by atoms with van der Waals surface area (Å²) in [5, 5.41) is 2.85. The van der Waals surface area contributed by atoms with Crippen LogP contribution in [0.4, 0.5) is 10.6 Å². The second-order valence-electron chi connectivity index (χ2n) is 5.71. The van der Waals surface area contributed by atoms with Crippen molar-refractivity contribution in [3.63, 3.8) is 0 Å². The van der Waals surface area contributed by atoms with Crippen molar-refractivity contribution in [2.45, 2.75) is 12.5 Å². The van der Waals surface area contributed by atoms with E-state index in [0.717, 1.165) is 18.9 Å². The number of nitrogens with zero attached hydrogens (tertiary/aromatic N) is 4. The Morgan fingerprint density at radius 1 is 1.23 bits per heavy atom. The summed E-state index contributed by atoms with van der Waals surface area (Å²) >= 11 is 0. The third-order valence-electron chi connectivity index (χ3n) is 4.27. The van der Waals surface area contributed by atoms with Gasteiger partial charge in [0.1, 0.15) is 11.9 Å². The number of carbonyl (C=O) groups excluding carboxylic acids is 2. The van der Waals surface area contributed by atoms with Gasteiger partial charge in [0.25, 0.3) is 0 Å². The number of anilines is 1. The van der Waals surface area contributed by atoms with E-state index in [0.29, 0.717) is 26.1 Å². The molecule has 0 aliphatic carbocycles. The minimum atomic E-state index is -0.369. The first kappa shape index (κ1) is 14.6. The van der Waals surface area contributed by atoms with E-state index in [1.807, 2.05) is 18.2 Å². The van der Waals surface area contributed by atoms with Crippen LogP contribution in [0.3, 0.4) is 0 Å². The van der Waals surface area contributed by atoms with Gasteiger partial charge in [-0.15, -0.1) is 0 Å². The van der Waals surface area contributed by atoms with Crippen LogP contribution in [0.2, 0.25) is 0 Å². The molecule has 2 aliphatic heterocycles. The van der Waals surface area contributed by atoms with Gasteiger partial charge in [-0.25, -0.2) is 9.78 Å². The number of nitrogens with one attached hydrogen (secondary N) is 1. The monoisotopic (exact) mass is 303 g/mol. The van der Waals surface area contributed by atoms with E-state index in [9.17, 15) is 9.59 Å². The van der Waals surface area contributed by atoms with Gasteiger partial charge in [0.15, 0.2) is 0 Å². The zero-order valence-corrected chi connectivity index (χ0v) is 12.7. The summed E-state index contributed by atoms with van der Waals surface area (Å²) in [4.78, 5) is 34.0. The molecule has 0 saturated carbocycles. The van der Waals surface area contributed by atoms with Crippen LogP contribution in [0.1, 0.15) is 6.42 Å². The van der Waals surface area contributed by atoms with E-state index >= 15 is 0 Å². The van der Waals surface area contributed by atoms with Crippen molar-refractivity contribution in [3.05, 3.63) is 24.4 Å². The Morgan fingerprint density at radius 2 is 2.00 bits per heavy atom. The molecule has 2 saturated heterocycles. The first-order valence-corrected chi connectivity index (χ1v) is 7.61. The number of likely N-dealkylation sites (N-methyl/N-ethyl adjacent to an activating group) is 1. The number of urea groups is 1. The Balaban J connectivity index is 1.51. The molecule has 118 valence electrons. The fraction of sp³-hybridized carbons (Fsp3) is 0.533. The third kappa shape index (κ3) is 2.98. The molecule has 0 spiro atoms. The lowest BCUT2D eigenvalue weighted by atomic mass is 10.2. The maximum absolute atomic E-state index is 12.3. The van der Waals surface area contributed by atoms with E-state index in [1.54, 1.807) is 23.0 Å². The lowest BCUT2D eigenvalue weighted by Crippen LogP contribution is -2.54. The van der Waals surface area contributed by atoms with Gasteiger partial charge in [-0.2, -0.15) is 0 Å². The second kappa shape index (κ2) is 6.21. The molecule has 2 fully saturated rings. The molecule has 1 aromatic heterocycles. The molecule has 0 aromatic carbocycles. The molecule has 1 N–H and O–H groups in total. The standard InChI is InChI=1S/C15H21N5O2/c1-18-7-5-12(14(18)21)17-15(22)20-10-8-19(9-11-20)13-4-2-3-6-16-13/h2-4,6,12H,5,7-11H2,1H3,(H,17,22). The fourth-order valence-electron chi connectivity index (χ4n) is 2.88. The van der Waals surface area contributed by atoms with E-state index in [-0.39, 0.29) is 18.0 Å². The summed E-state index contributed by atoms with van der Waals surface area (Å²) in [5.41, 5.74) is 0. The van der Waals surface area contributed by atoms with Gasteiger partial charge in [0.05, 0.1) is 0 Å². The summed E-state index contributed by atoms with van der Waals surface area (Å²) in [6, 6.07) is 5.32. The van der Waals surface area contributed by atoms with Crippen LogP contribution < -0.4 is 10.2 Å². The molecule has 1 atom stereocenters. The summed E-state index contributed by atoms with van der Waals surface area (Å²) in [6.45, 7) is 3.49. The second-order valence-corrected chi connectivity index (χ2v) is 5.71. The molecule has 0 bridgehead atoms. The number of hydrogen-bond donors (Lipinski definition) is 1. The van der Waals surface area contributed by atoms with Gasteiger partial charge in [-0.1, -0.05) is 6.07 Å². The quantitative estimate of drug-likeness (QED) is 0.844. The summed E-state index contributed by atoms with van der Waals surface area (Å²) in [7, 11) is 1.76.